The predicted octanol–water partition coefficient (Wildman–Crippen LogP) is 3.77. The number of hydrogen-bond acceptors (Lipinski definition) is 6. The molecule has 8 heteroatoms. The second kappa shape index (κ2) is 7.09. The first kappa shape index (κ1) is 20.1. The van der Waals surface area contributed by atoms with E-state index in [1.54, 1.807) is 6.92 Å². The Bertz CT molecular complexity index is 1200. The van der Waals surface area contributed by atoms with Crippen LogP contribution < -0.4 is 5.76 Å². The van der Waals surface area contributed by atoms with Crippen molar-refractivity contribution in [2.45, 2.75) is 63.4 Å². The molecule has 0 amide bonds. The van der Waals surface area contributed by atoms with E-state index in [9.17, 15) is 9.59 Å². The average Bonchev–Trinajstić information content (AvgIpc) is 3.23. The van der Waals surface area contributed by atoms with Crippen LogP contribution in [0.4, 0.5) is 0 Å². The van der Waals surface area contributed by atoms with E-state index < -0.39 is 17.1 Å². The van der Waals surface area contributed by atoms with E-state index in [2.05, 4.69) is 35.0 Å². The molecule has 3 aromatic rings. The highest BCUT2D eigenvalue weighted by Crippen LogP contribution is 2.55. The fourth-order valence-corrected chi connectivity index (χ4v) is 5.10. The number of benzene rings is 1. The summed E-state index contributed by atoms with van der Waals surface area (Å²) in [7, 11) is 0. The average molecular weight is 425 g/mol. The molecule has 31 heavy (non-hydrogen) atoms. The maximum absolute atomic E-state index is 12.9. The summed E-state index contributed by atoms with van der Waals surface area (Å²) in [6.07, 6.45) is 3.36. The van der Waals surface area contributed by atoms with Gasteiger partial charge in [-0.05, 0) is 57.9 Å². The van der Waals surface area contributed by atoms with Gasteiger partial charge in [-0.1, -0.05) is 23.4 Å². The van der Waals surface area contributed by atoms with Crippen molar-refractivity contribution in [3.63, 3.8) is 0 Å². The van der Waals surface area contributed by atoms with E-state index in [4.69, 9.17) is 14.0 Å². The molecule has 2 fully saturated rings. The second-order valence-electron chi connectivity index (χ2n) is 9.19. The minimum absolute atomic E-state index is 0.192. The van der Waals surface area contributed by atoms with Gasteiger partial charge in [-0.15, -0.1) is 0 Å². The smallest absolute Gasteiger partial charge is 0.438 e. The van der Waals surface area contributed by atoms with Crippen LogP contribution >= 0.6 is 0 Å². The quantitative estimate of drug-likeness (QED) is 0.602. The molecule has 5 rings (SSSR count). The molecule has 8 nitrogen and oxygen atoms in total. The van der Waals surface area contributed by atoms with Gasteiger partial charge in [0.1, 0.15) is 5.69 Å². The van der Waals surface area contributed by atoms with Gasteiger partial charge in [0.25, 0.3) is 0 Å². The highest BCUT2D eigenvalue weighted by atomic mass is 16.5. The third-order valence-corrected chi connectivity index (χ3v) is 6.60. The first-order chi connectivity index (χ1) is 14.8. The highest BCUT2D eigenvalue weighted by molar-refractivity contribution is 6.01. The fraction of sp³-hybridized carbons (Fsp3) is 0.522. The Hall–Kier alpha value is -2.87. The molecule has 0 radical (unpaired) electrons. The van der Waals surface area contributed by atoms with E-state index in [0.29, 0.717) is 24.0 Å². The number of ether oxygens (including phenoxy) is 2. The molecule has 1 aliphatic carbocycles. The lowest BCUT2D eigenvalue weighted by Crippen LogP contribution is -2.33. The molecule has 1 atom stereocenters. The molecule has 1 saturated heterocycles. The summed E-state index contributed by atoms with van der Waals surface area (Å²) in [4.78, 5) is 30.7. The fourth-order valence-electron chi connectivity index (χ4n) is 5.10. The van der Waals surface area contributed by atoms with Crippen molar-refractivity contribution in [3.05, 3.63) is 51.4 Å². The van der Waals surface area contributed by atoms with Gasteiger partial charge in [0.2, 0.25) is 0 Å². The van der Waals surface area contributed by atoms with Crippen LogP contribution in [0, 0.1) is 0 Å². The first-order valence-corrected chi connectivity index (χ1v) is 10.9. The van der Waals surface area contributed by atoms with Gasteiger partial charge in [-0.3, -0.25) is 9.51 Å². The van der Waals surface area contributed by atoms with E-state index in [-0.39, 0.29) is 12.2 Å². The second-order valence-corrected chi connectivity index (χ2v) is 9.19. The number of H-pyrrole nitrogens is 2. The van der Waals surface area contributed by atoms with Gasteiger partial charge in [0.15, 0.2) is 5.82 Å². The number of fused-ring (bicyclic) bond motifs is 1. The summed E-state index contributed by atoms with van der Waals surface area (Å²) < 4.78 is 16.1. The topological polar surface area (TPSA) is 110 Å². The van der Waals surface area contributed by atoms with Gasteiger partial charge < -0.3 is 14.5 Å². The normalized spacial score (nSPS) is 21.8. The van der Waals surface area contributed by atoms with E-state index in [1.807, 2.05) is 12.1 Å². The van der Waals surface area contributed by atoms with Crippen molar-refractivity contribution < 1.29 is 18.8 Å². The zero-order valence-electron chi connectivity index (χ0n) is 18.0. The standard InChI is InChI=1S/C23H27N3O5/c1-4-29-19(27)18-16(23(9-10-23)20-25-21(28)31-26-20)15-7-5-6-14(17(15)24-18)13-8-11-30-22(2,3)12-13/h5-7,13,24H,4,8-12H2,1-3H3,(H,25,26,28)/t13-/m0/s1. The SMILES string of the molecule is CCOC(=O)c1[nH]c2c([C@H]3CCOC(C)(C)C3)cccc2c1C1(c2noc(=O)[nH]2)CC1. The van der Waals surface area contributed by atoms with Crippen LogP contribution in [0.2, 0.25) is 0 Å². The van der Waals surface area contributed by atoms with Gasteiger partial charge >= 0.3 is 11.7 Å². The van der Waals surface area contributed by atoms with E-state index in [1.165, 1.54) is 5.56 Å². The molecular weight excluding hydrogens is 398 g/mol. The lowest BCUT2D eigenvalue weighted by atomic mass is 9.82. The molecule has 0 unspecified atom stereocenters. The van der Waals surface area contributed by atoms with Crippen LogP contribution in [0.1, 0.15) is 79.8 Å². The number of rotatable bonds is 5. The Morgan fingerprint density at radius 3 is 2.74 bits per heavy atom. The molecule has 1 aliphatic heterocycles. The summed E-state index contributed by atoms with van der Waals surface area (Å²) in [5.74, 6) is -0.217. The van der Waals surface area contributed by atoms with Crippen molar-refractivity contribution >= 4 is 16.9 Å². The zero-order valence-corrected chi connectivity index (χ0v) is 18.0. The van der Waals surface area contributed by atoms with E-state index in [0.717, 1.165) is 42.1 Å². The van der Waals surface area contributed by atoms with Crippen LogP contribution in [-0.4, -0.2) is 39.9 Å². The first-order valence-electron chi connectivity index (χ1n) is 10.9. The Morgan fingerprint density at radius 2 is 2.10 bits per heavy atom. The minimum Gasteiger partial charge on any atom is -0.461 e. The molecule has 2 N–H and O–H groups in total. The number of aromatic nitrogens is 3. The summed E-state index contributed by atoms with van der Waals surface area (Å²) in [6, 6.07) is 6.19. The Kier molecular flexibility index (Phi) is 4.58. The third kappa shape index (κ3) is 3.29. The van der Waals surface area contributed by atoms with Crippen LogP contribution in [0.3, 0.4) is 0 Å². The van der Waals surface area contributed by atoms with Crippen molar-refractivity contribution in [1.82, 2.24) is 15.1 Å². The number of para-hydroxylation sites is 1. The van der Waals surface area contributed by atoms with Crippen molar-refractivity contribution in [2.75, 3.05) is 13.2 Å². The van der Waals surface area contributed by atoms with Crippen molar-refractivity contribution in [3.8, 4) is 0 Å². The Morgan fingerprint density at radius 1 is 1.29 bits per heavy atom. The van der Waals surface area contributed by atoms with Gasteiger partial charge in [0, 0.05) is 23.1 Å². The van der Waals surface area contributed by atoms with Crippen molar-refractivity contribution in [2.24, 2.45) is 0 Å². The Labute approximate surface area is 179 Å². The monoisotopic (exact) mass is 425 g/mol. The highest BCUT2D eigenvalue weighted by Gasteiger charge is 2.53. The van der Waals surface area contributed by atoms with Crippen LogP contribution in [-0.2, 0) is 14.9 Å². The third-order valence-electron chi connectivity index (χ3n) is 6.60. The molecule has 164 valence electrons. The summed E-state index contributed by atoms with van der Waals surface area (Å²) in [6.45, 7) is 7.00. The summed E-state index contributed by atoms with van der Waals surface area (Å²) >= 11 is 0. The van der Waals surface area contributed by atoms with Crippen LogP contribution in [0.15, 0.2) is 27.5 Å². The van der Waals surface area contributed by atoms with Crippen LogP contribution in [0.5, 0.6) is 0 Å². The minimum atomic E-state index is -0.594. The number of nitrogens with one attached hydrogen (secondary N) is 2. The lowest BCUT2D eigenvalue weighted by Gasteiger charge is -2.36. The van der Waals surface area contributed by atoms with Gasteiger partial charge in [0.05, 0.1) is 17.6 Å². The summed E-state index contributed by atoms with van der Waals surface area (Å²) in [5, 5.41) is 4.93. The van der Waals surface area contributed by atoms with Crippen molar-refractivity contribution in [1.29, 1.82) is 0 Å². The molecule has 1 aromatic carbocycles. The Balaban J connectivity index is 1.70. The van der Waals surface area contributed by atoms with Gasteiger partial charge in [-0.25, -0.2) is 9.59 Å². The largest absolute Gasteiger partial charge is 0.461 e. The molecule has 2 aliphatic rings. The lowest BCUT2D eigenvalue weighted by molar-refractivity contribution is -0.0591. The van der Waals surface area contributed by atoms with E-state index >= 15 is 0 Å². The van der Waals surface area contributed by atoms with Gasteiger partial charge in [-0.2, -0.15) is 0 Å². The predicted molar refractivity (Wildman–Crippen MR) is 113 cm³/mol. The molecular formula is C23H27N3O5. The molecule has 1 saturated carbocycles. The molecule has 3 heterocycles. The molecule has 0 spiro atoms. The van der Waals surface area contributed by atoms with Crippen LogP contribution in [0.25, 0.3) is 10.9 Å². The number of nitrogens with zero attached hydrogens (tertiary/aromatic N) is 1. The number of carbonyl (C=O) groups excluding carboxylic acids is 1. The number of esters is 1. The number of hydrogen-bond donors (Lipinski definition) is 2. The molecule has 2 aromatic heterocycles. The molecule has 0 bridgehead atoms. The summed E-state index contributed by atoms with van der Waals surface area (Å²) in [5.41, 5.74) is 2.63. The number of aromatic amines is 2. The maximum atomic E-state index is 12.9. The number of carbonyl (C=O) groups is 1. The zero-order chi connectivity index (χ0) is 21.8. The maximum Gasteiger partial charge on any atom is 0.438 e.